The molecule has 0 aliphatic rings. The van der Waals surface area contributed by atoms with Crippen molar-refractivity contribution in [2.24, 2.45) is 22.9 Å². The number of thiol groups is 2. The van der Waals surface area contributed by atoms with E-state index in [9.17, 15) is 63.0 Å². The van der Waals surface area contributed by atoms with Crippen LogP contribution in [0.25, 0.3) is 10.9 Å². The zero-order chi connectivity index (χ0) is 65.3. The summed E-state index contributed by atoms with van der Waals surface area (Å²) in [5, 5.41) is 46.4. The van der Waals surface area contributed by atoms with E-state index in [4.69, 9.17) is 34.5 Å². The number of carboxylic acid groups (broad SMARTS) is 1. The fourth-order valence-corrected chi connectivity index (χ4v) is 9.68. The number of H-pyrrole nitrogens is 1. The van der Waals surface area contributed by atoms with Crippen LogP contribution in [0.5, 0.6) is 0 Å². The molecule has 31 heteroatoms. The number of nitrogens with two attached hydrogens (primary N) is 4. The number of aliphatic carboxylic acids is 1. The summed E-state index contributed by atoms with van der Waals surface area (Å²) in [5.74, 6) is -9.36. The minimum atomic E-state index is -1.80. The molecular weight excluding hydrogens is 1210 g/mol. The Morgan fingerprint density at radius 1 is 0.539 bits per heavy atom. The van der Waals surface area contributed by atoms with E-state index >= 15 is 0 Å². The Balaban J connectivity index is 1.40. The second-order valence-corrected chi connectivity index (χ2v) is 21.8. The number of carboxylic acids is 1. The van der Waals surface area contributed by atoms with E-state index < -0.39 is 132 Å². The van der Waals surface area contributed by atoms with E-state index in [1.54, 1.807) is 66.9 Å². The number of fused-ring (bicyclic) bond motifs is 1. The van der Waals surface area contributed by atoms with Crippen molar-refractivity contribution in [1.82, 2.24) is 47.5 Å². The number of halogens is 1. The first-order valence-corrected chi connectivity index (χ1v) is 29.6. The standard InChI is InChI=1S/C58H74ClN15O13S2/c1-30(75)48(56(85)73-46(29-89)55(84)69-42(50(79)65-27-47(76)77)23-32-11-17-36(18-12-32)66-57(62)86)74-51(80)41(8-4-5-21-60)68-53(82)44(25-34-26-64-40-7-3-2-6-38(34)40)71-52(81)43(24-33-13-19-37(20-14-33)67-58(63)87)70-54(83)45(28-88)72-49(78)39(61)22-31-9-15-35(59)16-10-31/h2-3,6-7,9-20,26,30,39,41-46,48,64,75,88-89H,4-5,8,21-25,27-29,60-61H2,1H3,(H,65,79)(H,68,82)(H,69,84)(H,70,83)(H,71,81)(H,72,78)(H,73,85)(H,74,80)(H,76,77)(H3,62,66,86)(H3,63,67,87)/t30-,39+,41+,42-,43+,44-,45-,46+,48+/m1/s1. The van der Waals surface area contributed by atoms with Crippen LogP contribution in [0.3, 0.4) is 0 Å². The molecule has 4 aromatic carbocycles. The van der Waals surface area contributed by atoms with Crippen molar-refractivity contribution in [3.8, 4) is 0 Å². The number of nitrogens with one attached hydrogen (secondary N) is 11. The van der Waals surface area contributed by atoms with Crippen LogP contribution in [0.2, 0.25) is 5.02 Å². The van der Waals surface area contributed by atoms with Crippen molar-refractivity contribution in [3.63, 3.8) is 0 Å². The highest BCUT2D eigenvalue weighted by Gasteiger charge is 2.36. The van der Waals surface area contributed by atoms with E-state index in [0.29, 0.717) is 56.0 Å². The first-order chi connectivity index (χ1) is 42.4. The number of aromatic nitrogens is 1. The number of rotatable bonds is 34. The Labute approximate surface area is 527 Å². The van der Waals surface area contributed by atoms with Crippen LogP contribution in [-0.4, -0.2) is 160 Å². The maximum absolute atomic E-state index is 14.9. The van der Waals surface area contributed by atoms with Gasteiger partial charge in [0.05, 0.1) is 12.1 Å². The van der Waals surface area contributed by atoms with Gasteiger partial charge in [0.15, 0.2) is 0 Å². The molecule has 28 nitrogen and oxygen atoms in total. The lowest BCUT2D eigenvalue weighted by Crippen LogP contribution is -2.62. The molecule has 9 atom stereocenters. The number of para-hydroxylation sites is 1. The third-order valence-electron chi connectivity index (χ3n) is 13.7. The van der Waals surface area contributed by atoms with Crippen LogP contribution in [0, 0.1) is 0 Å². The number of hydrogen-bond acceptors (Lipinski definition) is 16. The summed E-state index contributed by atoms with van der Waals surface area (Å²) in [4.78, 5) is 150. The summed E-state index contributed by atoms with van der Waals surface area (Å²) in [6.07, 6.45) is -0.0493. The molecule has 5 rings (SSSR count). The Kier molecular flexibility index (Phi) is 28.0. The highest BCUT2D eigenvalue weighted by molar-refractivity contribution is 7.80. The molecule has 1 aromatic heterocycles. The van der Waals surface area contributed by atoms with E-state index in [2.05, 4.69) is 83.4 Å². The van der Waals surface area contributed by atoms with E-state index in [1.807, 2.05) is 0 Å². The molecule has 21 N–H and O–H groups in total. The van der Waals surface area contributed by atoms with Gasteiger partial charge in [0.1, 0.15) is 48.8 Å². The highest BCUT2D eigenvalue weighted by Crippen LogP contribution is 2.21. The quantitative estimate of drug-likeness (QED) is 0.0180. The molecule has 478 valence electrons. The first kappa shape index (κ1) is 70.8. The Bertz CT molecular complexity index is 3290. The Morgan fingerprint density at radius 2 is 0.978 bits per heavy atom. The minimum absolute atomic E-state index is 0.0870. The number of urea groups is 2. The number of aliphatic hydroxyl groups excluding tert-OH is 1. The van der Waals surface area contributed by atoms with Gasteiger partial charge in [0.2, 0.25) is 47.3 Å². The summed E-state index contributed by atoms with van der Waals surface area (Å²) < 4.78 is 0. The summed E-state index contributed by atoms with van der Waals surface area (Å²) >= 11 is 14.6. The highest BCUT2D eigenvalue weighted by atomic mass is 35.5. The van der Waals surface area contributed by atoms with Crippen molar-refractivity contribution in [2.45, 2.75) is 106 Å². The zero-order valence-corrected chi connectivity index (χ0v) is 50.8. The third-order valence-corrected chi connectivity index (χ3v) is 14.7. The van der Waals surface area contributed by atoms with Crippen molar-refractivity contribution in [3.05, 3.63) is 131 Å². The van der Waals surface area contributed by atoms with Gasteiger partial charge in [-0.2, -0.15) is 25.3 Å². The number of carbonyl (C=O) groups excluding carboxylic acids is 10. The van der Waals surface area contributed by atoms with E-state index in [-0.39, 0.29) is 50.8 Å². The van der Waals surface area contributed by atoms with Gasteiger partial charge in [-0.1, -0.05) is 66.2 Å². The number of unbranched alkanes of at least 4 members (excludes halogenated alkanes) is 1. The smallest absolute Gasteiger partial charge is 0.322 e. The lowest BCUT2D eigenvalue weighted by Gasteiger charge is -2.28. The molecule has 12 amide bonds. The molecule has 0 fully saturated rings. The van der Waals surface area contributed by atoms with Gasteiger partial charge in [-0.05, 0) is 104 Å². The Hall–Kier alpha value is -8.94. The second-order valence-electron chi connectivity index (χ2n) is 20.6. The molecule has 0 radical (unpaired) electrons. The number of carbonyl (C=O) groups is 11. The molecule has 0 bridgehead atoms. The number of hydrogen-bond donors (Lipinski definition) is 19. The number of aliphatic hydroxyl groups is 1. The van der Waals surface area contributed by atoms with Gasteiger partial charge in [0, 0.05) is 64.3 Å². The van der Waals surface area contributed by atoms with Crippen LogP contribution in [0.15, 0.2) is 103 Å². The second kappa shape index (κ2) is 35.2. The molecule has 0 unspecified atom stereocenters. The third kappa shape index (κ3) is 22.9. The number of amides is 12. The van der Waals surface area contributed by atoms with E-state index in [1.165, 1.54) is 43.3 Å². The monoisotopic (exact) mass is 1290 g/mol. The van der Waals surface area contributed by atoms with Gasteiger partial charge >= 0.3 is 18.0 Å². The van der Waals surface area contributed by atoms with Gasteiger partial charge in [-0.15, -0.1) is 0 Å². The largest absolute Gasteiger partial charge is 0.480 e. The molecule has 0 spiro atoms. The number of anilines is 2. The maximum Gasteiger partial charge on any atom is 0.322 e. The summed E-state index contributed by atoms with van der Waals surface area (Å²) in [6, 6.07) is 12.5. The molecule has 0 aliphatic carbocycles. The topological polar surface area (TPSA) is 468 Å². The summed E-state index contributed by atoms with van der Waals surface area (Å²) in [7, 11) is 0. The number of primary amides is 2. The lowest BCUT2D eigenvalue weighted by atomic mass is 10.0. The predicted octanol–water partition coefficient (Wildman–Crippen LogP) is -0.636. The normalized spacial score (nSPS) is 14.1. The van der Waals surface area contributed by atoms with Crippen molar-refractivity contribution in [2.75, 3.05) is 35.2 Å². The van der Waals surface area contributed by atoms with Crippen molar-refractivity contribution < 1.29 is 63.0 Å². The van der Waals surface area contributed by atoms with Crippen molar-refractivity contribution >= 4 is 124 Å². The minimum Gasteiger partial charge on any atom is -0.480 e. The lowest BCUT2D eigenvalue weighted by molar-refractivity contribution is -0.138. The SMILES string of the molecule is C[C@@H](O)[C@H](NC(=O)[C@H](CCCCN)NC(=O)[C@@H](Cc1c[nH]c2ccccc12)NC(=O)[C@H](Cc1ccc(NC(N)=O)cc1)NC(=O)[C@@H](CS)NC(=O)[C@@H](N)Cc1ccc(Cl)cc1)C(=O)N[C@@H](CS)C(=O)N[C@H](Cc1ccc(NC(N)=O)cc1)C(=O)NCC(=O)O. The fourth-order valence-electron chi connectivity index (χ4n) is 9.04. The number of benzene rings is 4. The van der Waals surface area contributed by atoms with Gasteiger partial charge < -0.3 is 91.3 Å². The molecule has 89 heavy (non-hydrogen) atoms. The molecule has 1 heterocycles. The van der Waals surface area contributed by atoms with Gasteiger partial charge in [-0.3, -0.25) is 43.2 Å². The summed E-state index contributed by atoms with van der Waals surface area (Å²) in [6.45, 7) is 0.555. The molecular formula is C58H74ClN15O13S2. The van der Waals surface area contributed by atoms with E-state index in [0.717, 1.165) is 0 Å². The average molecular weight is 1290 g/mol. The van der Waals surface area contributed by atoms with Gasteiger partial charge in [-0.25, -0.2) is 9.59 Å². The maximum atomic E-state index is 14.9. The number of aromatic amines is 1. The van der Waals surface area contributed by atoms with Crippen LogP contribution in [0.4, 0.5) is 21.0 Å². The molecule has 0 aliphatic heterocycles. The molecule has 0 saturated carbocycles. The predicted molar refractivity (Wildman–Crippen MR) is 338 cm³/mol. The molecule has 0 saturated heterocycles. The van der Waals surface area contributed by atoms with Crippen LogP contribution in [-0.2, 0) is 68.8 Å². The fraction of sp³-hybridized carbons (Fsp3) is 0.362. The average Bonchev–Trinajstić information content (AvgIpc) is 2.66. The molecule has 5 aromatic rings. The van der Waals surface area contributed by atoms with Crippen molar-refractivity contribution in [1.29, 1.82) is 0 Å². The zero-order valence-electron chi connectivity index (χ0n) is 48.3. The van der Waals surface area contributed by atoms with Gasteiger partial charge in [0.25, 0.3) is 0 Å². The van der Waals surface area contributed by atoms with Crippen LogP contribution in [0.1, 0.15) is 48.4 Å². The summed E-state index contributed by atoms with van der Waals surface area (Å²) in [5.41, 5.74) is 26.0. The van der Waals surface area contributed by atoms with Crippen LogP contribution >= 0.6 is 36.9 Å². The van der Waals surface area contributed by atoms with Crippen LogP contribution < -0.4 is 76.1 Å². The first-order valence-electron chi connectivity index (χ1n) is 28.0. The Morgan fingerprint density at radius 3 is 1.47 bits per heavy atom.